The van der Waals surface area contributed by atoms with Gasteiger partial charge in [-0.1, -0.05) is 6.92 Å². The Kier molecular flexibility index (Phi) is 11.1. The number of rotatable bonds is 10. The summed E-state index contributed by atoms with van der Waals surface area (Å²) in [5.74, 6) is -1.82. The molecule has 242 valence electrons. The summed E-state index contributed by atoms with van der Waals surface area (Å²) in [6.07, 6.45) is 2.73. The number of piperidine rings is 1. The van der Waals surface area contributed by atoms with Gasteiger partial charge in [-0.3, -0.25) is 35.6 Å². The molecule has 2 heterocycles. The Labute approximate surface area is 266 Å². The van der Waals surface area contributed by atoms with Crippen LogP contribution in [-0.4, -0.2) is 85.5 Å². The quantitative estimate of drug-likeness (QED) is 0.0934. The molecule has 1 aromatic heterocycles. The highest BCUT2D eigenvalue weighted by molar-refractivity contribution is 6.05. The molecule has 0 bridgehead atoms. The van der Waals surface area contributed by atoms with E-state index < -0.39 is 23.5 Å². The van der Waals surface area contributed by atoms with E-state index in [1.807, 2.05) is 0 Å². The molecule has 0 radical (unpaired) electrons. The molecular weight excluding hydrogens is 594 g/mol. The van der Waals surface area contributed by atoms with Crippen LogP contribution in [0.5, 0.6) is 23.3 Å². The molecule has 4 rings (SSSR count). The van der Waals surface area contributed by atoms with Crippen LogP contribution in [0.1, 0.15) is 61.5 Å². The summed E-state index contributed by atoms with van der Waals surface area (Å²) in [6.45, 7) is 7.24. The maximum absolute atomic E-state index is 13.4. The average molecular weight is 632 g/mol. The number of carbonyl (C=O) groups is 3. The number of benzene rings is 2. The zero-order valence-corrected chi connectivity index (χ0v) is 25.8. The van der Waals surface area contributed by atoms with Gasteiger partial charge in [0.25, 0.3) is 5.91 Å². The molecule has 46 heavy (non-hydrogen) atoms. The lowest BCUT2D eigenvalue weighted by Gasteiger charge is -2.32. The summed E-state index contributed by atoms with van der Waals surface area (Å²) in [4.78, 5) is 43.0. The lowest BCUT2D eigenvalue weighted by Crippen LogP contribution is -2.44. The summed E-state index contributed by atoms with van der Waals surface area (Å²) in [6, 6.07) is 15.0. The predicted octanol–water partition coefficient (Wildman–Crippen LogP) is 4.40. The number of amidine groups is 2. The van der Waals surface area contributed by atoms with Crippen molar-refractivity contribution in [2.45, 2.75) is 46.1 Å². The average Bonchev–Trinajstić information content (AvgIpc) is 3.05. The van der Waals surface area contributed by atoms with E-state index in [2.05, 4.69) is 22.1 Å². The van der Waals surface area contributed by atoms with E-state index in [4.69, 9.17) is 20.3 Å². The van der Waals surface area contributed by atoms with Crippen molar-refractivity contribution in [3.8, 4) is 23.3 Å². The summed E-state index contributed by atoms with van der Waals surface area (Å²) in [5, 5.41) is 39.0. The SMILES string of the molecule is CCCN1CCC(NC(=O)c2cc(Oc3ccc(C(=N)N(O)C(C)=O)cc3)nc(Oc3ccc(C(=N)N(O)C(C)=O)cc3)c2)CC1. The highest BCUT2D eigenvalue weighted by Gasteiger charge is 2.22. The fourth-order valence-corrected chi connectivity index (χ4v) is 4.77. The van der Waals surface area contributed by atoms with Crippen LogP contribution >= 0.6 is 0 Å². The number of carbonyl (C=O) groups excluding carboxylic acids is 3. The van der Waals surface area contributed by atoms with Crippen LogP contribution in [0.25, 0.3) is 0 Å². The first-order valence-corrected chi connectivity index (χ1v) is 14.7. The van der Waals surface area contributed by atoms with Crippen molar-refractivity contribution in [3.63, 3.8) is 0 Å². The second kappa shape index (κ2) is 15.2. The van der Waals surface area contributed by atoms with Crippen LogP contribution in [-0.2, 0) is 9.59 Å². The molecule has 3 amide bonds. The van der Waals surface area contributed by atoms with Crippen molar-refractivity contribution in [2.24, 2.45) is 0 Å². The zero-order chi connectivity index (χ0) is 33.4. The molecule has 1 aliphatic rings. The van der Waals surface area contributed by atoms with Crippen LogP contribution in [0.15, 0.2) is 60.7 Å². The standard InChI is InChI=1S/C32H37N7O7/c1-4-15-37-16-13-25(14-17-37)35-32(42)24-18-28(45-26-9-5-22(6-10-26)30(33)38(43)20(2)40)36-29(19-24)46-27-11-7-23(8-12-27)31(34)39(44)21(3)41/h5-12,18-19,25,33-34,43-44H,4,13-17H2,1-3H3,(H,35,42). The van der Waals surface area contributed by atoms with E-state index in [0.717, 1.165) is 52.7 Å². The number of aromatic nitrogens is 1. The molecule has 0 atom stereocenters. The Morgan fingerprint density at radius 1 is 0.826 bits per heavy atom. The van der Waals surface area contributed by atoms with E-state index >= 15 is 0 Å². The van der Waals surface area contributed by atoms with Gasteiger partial charge in [0.05, 0.1) is 5.56 Å². The third-order valence-electron chi connectivity index (χ3n) is 7.22. The van der Waals surface area contributed by atoms with Crippen molar-refractivity contribution in [1.29, 1.82) is 10.8 Å². The molecule has 5 N–H and O–H groups in total. The number of nitrogens with one attached hydrogen (secondary N) is 3. The first-order valence-electron chi connectivity index (χ1n) is 14.7. The minimum Gasteiger partial charge on any atom is -0.439 e. The Balaban J connectivity index is 1.55. The smallest absolute Gasteiger partial charge is 0.251 e. The lowest BCUT2D eigenvalue weighted by molar-refractivity contribution is -0.147. The number of likely N-dealkylation sites (tertiary alicyclic amines) is 1. The Morgan fingerprint density at radius 3 is 1.65 bits per heavy atom. The second-order valence-corrected chi connectivity index (χ2v) is 10.7. The molecule has 0 unspecified atom stereocenters. The minimum atomic E-state index is -0.706. The van der Waals surface area contributed by atoms with Gasteiger partial charge in [-0.05, 0) is 74.3 Å². The van der Waals surface area contributed by atoms with Gasteiger partial charge >= 0.3 is 0 Å². The highest BCUT2D eigenvalue weighted by Crippen LogP contribution is 2.28. The van der Waals surface area contributed by atoms with Gasteiger partial charge in [-0.2, -0.15) is 15.1 Å². The van der Waals surface area contributed by atoms with Gasteiger partial charge in [-0.25, -0.2) is 0 Å². The molecule has 14 heteroatoms. The molecule has 0 aliphatic carbocycles. The molecule has 0 saturated carbocycles. The van der Waals surface area contributed by atoms with Gasteiger partial charge in [0.15, 0.2) is 11.7 Å². The van der Waals surface area contributed by atoms with Crippen molar-refractivity contribution in [2.75, 3.05) is 19.6 Å². The molecule has 14 nitrogen and oxygen atoms in total. The van der Waals surface area contributed by atoms with Crippen LogP contribution in [0.2, 0.25) is 0 Å². The summed E-state index contributed by atoms with van der Waals surface area (Å²) < 4.78 is 11.9. The monoisotopic (exact) mass is 631 g/mol. The number of hydrogen-bond donors (Lipinski definition) is 5. The van der Waals surface area contributed by atoms with E-state index in [1.165, 1.54) is 60.7 Å². The van der Waals surface area contributed by atoms with Crippen LogP contribution in [0.3, 0.4) is 0 Å². The van der Waals surface area contributed by atoms with E-state index in [9.17, 15) is 24.8 Å². The number of hydroxylamine groups is 4. The Bertz CT molecular complexity index is 1490. The van der Waals surface area contributed by atoms with E-state index in [-0.39, 0.29) is 50.5 Å². The number of hydrogen-bond acceptors (Lipinski definition) is 11. The van der Waals surface area contributed by atoms with Gasteiger partial charge in [0, 0.05) is 56.2 Å². The first-order chi connectivity index (χ1) is 21.9. The zero-order valence-electron chi connectivity index (χ0n) is 25.8. The van der Waals surface area contributed by atoms with Crippen molar-refractivity contribution < 1.29 is 34.3 Å². The van der Waals surface area contributed by atoms with Crippen LogP contribution < -0.4 is 14.8 Å². The lowest BCUT2D eigenvalue weighted by atomic mass is 10.0. The van der Waals surface area contributed by atoms with Crippen LogP contribution in [0.4, 0.5) is 0 Å². The summed E-state index contributed by atoms with van der Waals surface area (Å²) in [7, 11) is 0. The summed E-state index contributed by atoms with van der Waals surface area (Å²) in [5.41, 5.74) is 0.788. The fraction of sp³-hybridized carbons (Fsp3) is 0.312. The third-order valence-corrected chi connectivity index (χ3v) is 7.22. The Hall–Kier alpha value is -5.18. The normalized spacial score (nSPS) is 13.4. The molecule has 1 fully saturated rings. The predicted molar refractivity (Wildman–Crippen MR) is 167 cm³/mol. The van der Waals surface area contributed by atoms with Crippen molar-refractivity contribution >= 4 is 29.4 Å². The molecule has 1 saturated heterocycles. The number of ether oxygens (including phenoxy) is 2. The third kappa shape index (κ3) is 8.72. The van der Waals surface area contributed by atoms with Crippen molar-refractivity contribution in [1.82, 2.24) is 25.3 Å². The maximum Gasteiger partial charge on any atom is 0.251 e. The topological polar surface area (TPSA) is 192 Å². The Morgan fingerprint density at radius 2 is 1.26 bits per heavy atom. The van der Waals surface area contributed by atoms with Crippen molar-refractivity contribution in [3.05, 3.63) is 77.4 Å². The fourth-order valence-electron chi connectivity index (χ4n) is 4.77. The minimum absolute atomic E-state index is 0.00965. The van der Waals surface area contributed by atoms with Gasteiger partial charge in [0.2, 0.25) is 23.6 Å². The number of nitrogens with zero attached hydrogens (tertiary/aromatic N) is 4. The molecule has 3 aromatic rings. The second-order valence-electron chi connectivity index (χ2n) is 10.7. The van der Waals surface area contributed by atoms with Gasteiger partial charge < -0.3 is 19.7 Å². The molecule has 2 aromatic carbocycles. The largest absolute Gasteiger partial charge is 0.439 e. The van der Waals surface area contributed by atoms with Gasteiger partial charge in [-0.15, -0.1) is 0 Å². The van der Waals surface area contributed by atoms with Crippen LogP contribution in [0, 0.1) is 10.8 Å². The van der Waals surface area contributed by atoms with E-state index in [1.54, 1.807) is 0 Å². The number of amides is 3. The highest BCUT2D eigenvalue weighted by atomic mass is 16.5. The van der Waals surface area contributed by atoms with E-state index in [0.29, 0.717) is 11.5 Å². The summed E-state index contributed by atoms with van der Waals surface area (Å²) >= 11 is 0. The number of pyridine rings is 1. The van der Waals surface area contributed by atoms with Gasteiger partial charge in [0.1, 0.15) is 11.5 Å². The molecular formula is C32H37N7O7. The molecule has 0 spiro atoms. The maximum atomic E-state index is 13.4. The molecule has 1 aliphatic heterocycles. The first kappa shape index (κ1) is 33.7.